The largest absolute Gasteiger partial charge is 0.370 e. The Morgan fingerprint density at radius 3 is 1.95 bits per heavy atom. The number of hydrogen-bond acceptors (Lipinski definition) is 4. The summed E-state index contributed by atoms with van der Waals surface area (Å²) >= 11 is 0. The van der Waals surface area contributed by atoms with E-state index in [1.54, 1.807) is 14.1 Å². The second-order valence-electron chi connectivity index (χ2n) is 4.84. The van der Waals surface area contributed by atoms with E-state index in [-0.39, 0.29) is 17.7 Å². The van der Waals surface area contributed by atoms with Gasteiger partial charge in [-0.2, -0.15) is 8.42 Å². The van der Waals surface area contributed by atoms with Crippen LogP contribution in [0.5, 0.6) is 0 Å². The molecule has 9 heteroatoms. The minimum absolute atomic E-state index is 0.0842. The average molecular weight is 323 g/mol. The molecule has 21 heavy (non-hydrogen) atoms. The van der Waals surface area contributed by atoms with Crippen LogP contribution in [0.1, 0.15) is 45.4 Å². The van der Waals surface area contributed by atoms with Gasteiger partial charge in [0.1, 0.15) is 0 Å². The van der Waals surface area contributed by atoms with Crippen LogP contribution >= 0.6 is 0 Å². The Morgan fingerprint density at radius 1 is 1.14 bits per heavy atom. The number of nitrogens with zero attached hydrogens (tertiary/aromatic N) is 1. The topological polar surface area (TPSA) is 143 Å². The summed E-state index contributed by atoms with van der Waals surface area (Å²) in [5.41, 5.74) is 4.94. The summed E-state index contributed by atoms with van der Waals surface area (Å²) in [6.07, 6.45) is 6.14. The molecular weight excluding hydrogens is 294 g/mol. The molecule has 126 valence electrons. The van der Waals surface area contributed by atoms with Gasteiger partial charge in [0.15, 0.2) is 11.9 Å². The molecule has 0 aromatic rings. The number of rotatable bonds is 7. The predicted octanol–water partition coefficient (Wildman–Crippen LogP) is 1.20. The monoisotopic (exact) mass is 323 g/mol. The smallest absolute Gasteiger partial charge is 0.264 e. The first kappa shape index (κ1) is 21.9. The van der Waals surface area contributed by atoms with Crippen molar-refractivity contribution in [3.63, 3.8) is 0 Å². The van der Waals surface area contributed by atoms with Crippen molar-refractivity contribution in [3.05, 3.63) is 0 Å². The van der Waals surface area contributed by atoms with Crippen molar-refractivity contribution in [2.75, 3.05) is 19.8 Å². The minimum atomic E-state index is -3.72. The van der Waals surface area contributed by atoms with E-state index in [0.717, 1.165) is 12.8 Å². The van der Waals surface area contributed by atoms with Gasteiger partial charge in [0.05, 0.1) is 5.75 Å². The molecule has 8 nitrogen and oxygen atoms in total. The molecule has 6 N–H and O–H groups in total. The lowest BCUT2D eigenvalue weighted by Gasteiger charge is -2.13. The highest BCUT2D eigenvalue weighted by Gasteiger charge is 2.02. The van der Waals surface area contributed by atoms with Crippen molar-refractivity contribution in [1.82, 2.24) is 10.2 Å². The Kier molecular flexibility index (Phi) is 12.9. The van der Waals surface area contributed by atoms with Crippen molar-refractivity contribution in [2.45, 2.75) is 45.4 Å². The van der Waals surface area contributed by atoms with Crippen molar-refractivity contribution in [1.29, 1.82) is 10.8 Å². The molecule has 0 saturated carbocycles. The maximum atomic E-state index is 10.3. The zero-order chi connectivity index (χ0) is 16.9. The Hall–Kier alpha value is -1.35. The summed E-state index contributed by atoms with van der Waals surface area (Å²) in [6, 6.07) is 0. The van der Waals surface area contributed by atoms with Gasteiger partial charge in [-0.15, -0.1) is 0 Å². The number of guanidine groups is 2. The fourth-order valence-corrected chi connectivity index (χ4v) is 1.87. The zero-order valence-electron chi connectivity index (χ0n) is 13.1. The van der Waals surface area contributed by atoms with Crippen molar-refractivity contribution in [3.8, 4) is 0 Å². The third-order valence-electron chi connectivity index (χ3n) is 2.46. The van der Waals surface area contributed by atoms with Crippen LogP contribution < -0.4 is 11.1 Å². The molecule has 0 radical (unpaired) electrons. The van der Waals surface area contributed by atoms with E-state index >= 15 is 0 Å². The predicted molar refractivity (Wildman–Crippen MR) is 86.3 cm³/mol. The van der Waals surface area contributed by atoms with Gasteiger partial charge in [0, 0.05) is 14.1 Å². The molecule has 0 unspecified atom stereocenters. The molecule has 0 aliphatic carbocycles. The first-order chi connectivity index (χ1) is 9.60. The van der Waals surface area contributed by atoms with E-state index in [1.807, 2.05) is 0 Å². The summed E-state index contributed by atoms with van der Waals surface area (Å²) in [7, 11) is -0.331. The average Bonchev–Trinajstić information content (AvgIpc) is 2.32. The molecule has 0 spiro atoms. The fraction of sp³-hybridized carbons (Fsp3) is 0.833. The van der Waals surface area contributed by atoms with Gasteiger partial charge in [-0.3, -0.25) is 20.7 Å². The number of hydrogen-bond donors (Lipinski definition) is 5. The van der Waals surface area contributed by atoms with Gasteiger partial charge in [0.25, 0.3) is 10.1 Å². The highest BCUT2D eigenvalue weighted by atomic mass is 32.2. The molecule has 0 aliphatic rings. The van der Waals surface area contributed by atoms with Crippen LogP contribution in [-0.4, -0.2) is 49.6 Å². The highest BCUT2D eigenvalue weighted by molar-refractivity contribution is 7.85. The van der Waals surface area contributed by atoms with Gasteiger partial charge in [-0.05, 0) is 6.42 Å². The van der Waals surface area contributed by atoms with Gasteiger partial charge in [0.2, 0.25) is 0 Å². The van der Waals surface area contributed by atoms with Crippen LogP contribution in [0.2, 0.25) is 0 Å². The number of nitrogens with two attached hydrogens (primary N) is 1. The lowest BCUT2D eigenvalue weighted by Crippen LogP contribution is -2.42. The van der Waals surface area contributed by atoms with E-state index in [1.165, 1.54) is 24.2 Å². The second-order valence-corrected chi connectivity index (χ2v) is 6.41. The Labute approximate surface area is 127 Å². The van der Waals surface area contributed by atoms with Crippen LogP contribution in [0.4, 0.5) is 0 Å². The molecule has 0 saturated heterocycles. The van der Waals surface area contributed by atoms with Gasteiger partial charge >= 0.3 is 0 Å². The molecule has 0 heterocycles. The third-order valence-corrected chi connectivity index (χ3v) is 3.26. The molecule has 0 aliphatic heterocycles. The second kappa shape index (κ2) is 12.4. The maximum absolute atomic E-state index is 10.3. The van der Waals surface area contributed by atoms with E-state index in [4.69, 9.17) is 21.1 Å². The molecule has 0 aromatic carbocycles. The zero-order valence-corrected chi connectivity index (χ0v) is 14.0. The van der Waals surface area contributed by atoms with Gasteiger partial charge in [-0.25, -0.2) is 0 Å². The lowest BCUT2D eigenvalue weighted by molar-refractivity contribution is 0.478. The van der Waals surface area contributed by atoms with Crippen molar-refractivity contribution in [2.24, 2.45) is 5.73 Å². The number of nitrogens with one attached hydrogen (secondary N) is 3. The summed E-state index contributed by atoms with van der Waals surface area (Å²) in [5, 5.41) is 16.1. The van der Waals surface area contributed by atoms with E-state index < -0.39 is 10.1 Å². The lowest BCUT2D eigenvalue weighted by atomic mass is 10.1. The summed E-state index contributed by atoms with van der Waals surface area (Å²) in [6.45, 7) is 2.14. The minimum Gasteiger partial charge on any atom is -0.370 e. The summed E-state index contributed by atoms with van der Waals surface area (Å²) in [5.74, 6) is -0.185. The normalized spacial score (nSPS) is 10.3. The Bertz CT molecular complexity index is 396. The van der Waals surface area contributed by atoms with E-state index in [0.29, 0.717) is 6.42 Å². The Morgan fingerprint density at radius 2 is 1.62 bits per heavy atom. The third kappa shape index (κ3) is 21.1. The van der Waals surface area contributed by atoms with E-state index in [2.05, 4.69) is 12.2 Å². The molecule has 0 rings (SSSR count). The number of unbranched alkanes of at least 4 members (excludes halogenated alkanes) is 5. The van der Waals surface area contributed by atoms with Gasteiger partial charge < -0.3 is 10.6 Å². The van der Waals surface area contributed by atoms with Crippen molar-refractivity contribution < 1.29 is 13.0 Å². The quantitative estimate of drug-likeness (QED) is 0.206. The summed E-state index contributed by atoms with van der Waals surface area (Å²) < 4.78 is 28.9. The molecular formula is C12H29N5O3S. The SMILES string of the molecule is CCCCCCCCS(=O)(=O)O.CN(C)C(=N)NC(=N)N. The molecule has 0 aromatic heterocycles. The summed E-state index contributed by atoms with van der Waals surface area (Å²) in [4.78, 5) is 1.52. The first-order valence-electron chi connectivity index (χ1n) is 6.92. The van der Waals surface area contributed by atoms with E-state index in [9.17, 15) is 8.42 Å². The van der Waals surface area contributed by atoms with Crippen molar-refractivity contribution >= 4 is 22.0 Å². The molecule has 0 amide bonds. The van der Waals surface area contributed by atoms with Gasteiger partial charge in [-0.1, -0.05) is 39.0 Å². The maximum Gasteiger partial charge on any atom is 0.264 e. The first-order valence-corrected chi connectivity index (χ1v) is 8.53. The van der Waals surface area contributed by atoms with Crippen LogP contribution in [0, 0.1) is 10.8 Å². The Balaban J connectivity index is 0. The molecule has 0 fully saturated rings. The fourth-order valence-electron chi connectivity index (χ4n) is 1.30. The van der Waals surface area contributed by atoms with Crippen LogP contribution in [0.15, 0.2) is 0 Å². The van der Waals surface area contributed by atoms with Crippen LogP contribution in [0.25, 0.3) is 0 Å². The highest BCUT2D eigenvalue weighted by Crippen LogP contribution is 2.05. The molecule has 0 bridgehead atoms. The van der Waals surface area contributed by atoms with Crippen LogP contribution in [0.3, 0.4) is 0 Å². The van der Waals surface area contributed by atoms with Crippen LogP contribution in [-0.2, 0) is 10.1 Å². The standard InChI is InChI=1S/C8H18O3S.C4H11N5/c1-2-3-4-5-6-7-8-12(9,10)11;1-9(2)4(7)8-3(5)6/h2-8H2,1H3,(H,9,10,11);1-2H3,(H5,5,6,7,8). The molecule has 0 atom stereocenters.